The Labute approximate surface area is 158 Å². The molecular formula is C20H21N5O2. The third kappa shape index (κ3) is 6.04. The minimum Gasteiger partial charge on any atom is -0.460 e. The number of pyridine rings is 1. The van der Waals surface area contributed by atoms with E-state index in [9.17, 15) is 4.79 Å². The number of nitriles is 1. The van der Waals surface area contributed by atoms with Crippen molar-refractivity contribution in [3.8, 4) is 6.07 Å². The highest BCUT2D eigenvalue weighted by molar-refractivity contribution is 5.86. The van der Waals surface area contributed by atoms with Crippen molar-refractivity contribution in [1.82, 2.24) is 4.98 Å². The van der Waals surface area contributed by atoms with Crippen LogP contribution in [0.5, 0.6) is 0 Å². The molecule has 0 spiro atoms. The third-order valence-electron chi connectivity index (χ3n) is 3.68. The third-order valence-corrected chi connectivity index (χ3v) is 3.68. The number of anilines is 1. The molecule has 1 aromatic carbocycles. The van der Waals surface area contributed by atoms with Crippen LogP contribution in [0.15, 0.2) is 65.0 Å². The maximum Gasteiger partial charge on any atom is 0.333 e. The van der Waals surface area contributed by atoms with E-state index in [0.29, 0.717) is 35.8 Å². The molecule has 0 fully saturated rings. The van der Waals surface area contributed by atoms with Crippen molar-refractivity contribution in [2.45, 2.75) is 13.8 Å². The fourth-order valence-electron chi connectivity index (χ4n) is 2.20. The van der Waals surface area contributed by atoms with Gasteiger partial charge in [0.2, 0.25) is 0 Å². The molecule has 2 aromatic rings. The zero-order valence-corrected chi connectivity index (χ0v) is 15.4. The molecule has 0 unspecified atom stereocenters. The zero-order chi connectivity index (χ0) is 19.6. The van der Waals surface area contributed by atoms with E-state index in [1.54, 1.807) is 19.1 Å². The van der Waals surface area contributed by atoms with E-state index < -0.39 is 0 Å². The smallest absolute Gasteiger partial charge is 0.333 e. The topological polar surface area (TPSA) is 90.9 Å². The molecule has 0 aliphatic heterocycles. The number of carbonyl (C=O) groups is 1. The summed E-state index contributed by atoms with van der Waals surface area (Å²) < 4.78 is 5.15. The van der Waals surface area contributed by atoms with Crippen molar-refractivity contribution in [2.75, 3.05) is 24.6 Å². The summed E-state index contributed by atoms with van der Waals surface area (Å²) in [5.74, 6) is -0.376. The minimum atomic E-state index is -0.376. The standard InChI is InChI=1S/C20H21N5O2/c1-4-25(11-12-27-20(26)15(2)3)19-9-7-16(8-10-19)23-24-18-6-5-17(13-21)22-14-18/h5-10,14H,2,4,11-12H2,1,3H3. The number of carbonyl (C=O) groups excluding carboxylic acids is 1. The minimum absolute atomic E-state index is 0.298. The lowest BCUT2D eigenvalue weighted by atomic mass is 10.2. The highest BCUT2D eigenvalue weighted by atomic mass is 16.5. The molecule has 0 N–H and O–H groups in total. The van der Waals surface area contributed by atoms with Crippen molar-refractivity contribution >= 4 is 23.0 Å². The number of hydrogen-bond acceptors (Lipinski definition) is 7. The van der Waals surface area contributed by atoms with Crippen LogP contribution in [0.1, 0.15) is 19.5 Å². The molecule has 0 atom stereocenters. The van der Waals surface area contributed by atoms with Gasteiger partial charge in [0.05, 0.1) is 18.4 Å². The molecule has 2 rings (SSSR count). The molecule has 0 aliphatic rings. The average Bonchev–Trinajstić information content (AvgIpc) is 2.70. The molecule has 0 radical (unpaired) electrons. The first-order valence-corrected chi connectivity index (χ1v) is 8.49. The summed E-state index contributed by atoms with van der Waals surface area (Å²) in [5, 5.41) is 17.0. The number of benzene rings is 1. The summed E-state index contributed by atoms with van der Waals surface area (Å²) in [6, 6.07) is 12.8. The van der Waals surface area contributed by atoms with Crippen molar-refractivity contribution in [3.63, 3.8) is 0 Å². The predicted octanol–water partition coefficient (Wildman–Crippen LogP) is 4.31. The van der Waals surface area contributed by atoms with Crippen LogP contribution >= 0.6 is 0 Å². The quantitative estimate of drug-likeness (QED) is 0.396. The number of hydrogen-bond donors (Lipinski definition) is 0. The molecule has 7 heteroatoms. The molecule has 0 amide bonds. The number of likely N-dealkylation sites (N-methyl/N-ethyl adjacent to an activating group) is 1. The predicted molar refractivity (Wildman–Crippen MR) is 103 cm³/mol. The van der Waals surface area contributed by atoms with Gasteiger partial charge in [-0.15, -0.1) is 5.11 Å². The van der Waals surface area contributed by atoms with E-state index in [1.165, 1.54) is 6.20 Å². The monoisotopic (exact) mass is 363 g/mol. The second kappa shape index (κ2) is 9.82. The second-order valence-electron chi connectivity index (χ2n) is 5.73. The van der Waals surface area contributed by atoms with Gasteiger partial charge < -0.3 is 9.64 Å². The first kappa shape index (κ1) is 19.8. The summed E-state index contributed by atoms with van der Waals surface area (Å²) in [6.07, 6.45) is 1.50. The Morgan fingerprint density at radius 1 is 1.22 bits per heavy atom. The highest BCUT2D eigenvalue weighted by Crippen LogP contribution is 2.22. The Balaban J connectivity index is 1.95. The van der Waals surface area contributed by atoms with Gasteiger partial charge in [0.1, 0.15) is 24.1 Å². The Kier molecular flexibility index (Phi) is 7.20. The van der Waals surface area contributed by atoms with Crippen LogP contribution in [0.3, 0.4) is 0 Å². The number of ether oxygens (including phenoxy) is 1. The second-order valence-corrected chi connectivity index (χ2v) is 5.73. The van der Waals surface area contributed by atoms with Crippen LogP contribution in [-0.2, 0) is 9.53 Å². The fourth-order valence-corrected chi connectivity index (χ4v) is 2.20. The van der Waals surface area contributed by atoms with Crippen LogP contribution in [0.2, 0.25) is 0 Å². The number of azo groups is 1. The average molecular weight is 363 g/mol. The van der Waals surface area contributed by atoms with Gasteiger partial charge in [-0.05, 0) is 50.2 Å². The summed E-state index contributed by atoms with van der Waals surface area (Å²) in [7, 11) is 0. The summed E-state index contributed by atoms with van der Waals surface area (Å²) in [4.78, 5) is 17.5. The molecule has 7 nitrogen and oxygen atoms in total. The van der Waals surface area contributed by atoms with Gasteiger partial charge in [-0.2, -0.15) is 10.4 Å². The van der Waals surface area contributed by atoms with Crippen LogP contribution in [-0.4, -0.2) is 30.6 Å². The summed E-state index contributed by atoms with van der Waals surface area (Å²) in [5.41, 5.74) is 3.01. The van der Waals surface area contributed by atoms with Crippen LogP contribution < -0.4 is 4.90 Å². The summed E-state index contributed by atoms with van der Waals surface area (Å²) >= 11 is 0. The van der Waals surface area contributed by atoms with Gasteiger partial charge in [0.25, 0.3) is 0 Å². The van der Waals surface area contributed by atoms with Gasteiger partial charge in [0, 0.05) is 17.8 Å². The SMILES string of the molecule is C=C(C)C(=O)OCCN(CC)c1ccc(N=Nc2ccc(C#N)nc2)cc1. The number of nitrogens with zero attached hydrogens (tertiary/aromatic N) is 5. The largest absolute Gasteiger partial charge is 0.460 e. The maximum absolute atomic E-state index is 11.4. The molecule has 0 bridgehead atoms. The van der Waals surface area contributed by atoms with Gasteiger partial charge in [-0.3, -0.25) is 0 Å². The molecular weight excluding hydrogens is 342 g/mol. The molecule has 0 aliphatic carbocycles. The van der Waals surface area contributed by atoms with Crippen LogP contribution in [0.25, 0.3) is 0 Å². The van der Waals surface area contributed by atoms with Gasteiger partial charge in [-0.25, -0.2) is 9.78 Å². The van der Waals surface area contributed by atoms with Crippen molar-refractivity contribution in [2.24, 2.45) is 10.2 Å². The van der Waals surface area contributed by atoms with E-state index in [-0.39, 0.29) is 5.97 Å². The van der Waals surface area contributed by atoms with Gasteiger partial charge in [0.15, 0.2) is 0 Å². The van der Waals surface area contributed by atoms with Crippen molar-refractivity contribution in [3.05, 3.63) is 60.4 Å². The Morgan fingerprint density at radius 2 is 1.89 bits per heavy atom. The van der Waals surface area contributed by atoms with Crippen molar-refractivity contribution < 1.29 is 9.53 Å². The molecule has 1 heterocycles. The highest BCUT2D eigenvalue weighted by Gasteiger charge is 2.07. The summed E-state index contributed by atoms with van der Waals surface area (Å²) in [6.45, 7) is 8.89. The lowest BCUT2D eigenvalue weighted by Gasteiger charge is -2.22. The van der Waals surface area contributed by atoms with E-state index in [1.807, 2.05) is 37.3 Å². The Hall–Kier alpha value is -3.53. The molecule has 0 saturated heterocycles. The van der Waals surface area contributed by atoms with Gasteiger partial charge >= 0.3 is 5.97 Å². The molecule has 1 aromatic heterocycles. The first-order valence-electron chi connectivity index (χ1n) is 8.49. The van der Waals surface area contributed by atoms with E-state index in [0.717, 1.165) is 12.2 Å². The lowest BCUT2D eigenvalue weighted by molar-refractivity contribution is -0.138. The zero-order valence-electron chi connectivity index (χ0n) is 15.4. The van der Waals surface area contributed by atoms with Crippen molar-refractivity contribution in [1.29, 1.82) is 5.26 Å². The molecule has 138 valence electrons. The first-order chi connectivity index (χ1) is 13.0. The number of esters is 1. The fraction of sp³-hybridized carbons (Fsp3) is 0.250. The maximum atomic E-state index is 11.4. The van der Waals surface area contributed by atoms with Crippen LogP contribution in [0.4, 0.5) is 17.1 Å². The lowest BCUT2D eigenvalue weighted by Crippen LogP contribution is -2.28. The Bertz CT molecular complexity index is 851. The molecule has 27 heavy (non-hydrogen) atoms. The molecule has 0 saturated carbocycles. The number of rotatable bonds is 8. The van der Waals surface area contributed by atoms with E-state index in [4.69, 9.17) is 10.00 Å². The Morgan fingerprint density at radius 3 is 2.44 bits per heavy atom. The van der Waals surface area contributed by atoms with E-state index >= 15 is 0 Å². The number of aromatic nitrogens is 1. The van der Waals surface area contributed by atoms with Crippen LogP contribution in [0, 0.1) is 11.3 Å². The van der Waals surface area contributed by atoms with Gasteiger partial charge in [-0.1, -0.05) is 6.58 Å². The normalized spacial score (nSPS) is 10.4. The van der Waals surface area contributed by atoms with E-state index in [2.05, 4.69) is 26.7 Å².